The van der Waals surface area contributed by atoms with E-state index >= 15 is 0 Å². The zero-order chi connectivity index (χ0) is 16.2. The van der Waals surface area contributed by atoms with Gasteiger partial charge in [0.1, 0.15) is 18.5 Å². The molecule has 1 aromatic heterocycles. The van der Waals surface area contributed by atoms with E-state index in [1.54, 1.807) is 11.0 Å². The summed E-state index contributed by atoms with van der Waals surface area (Å²) in [4.78, 5) is 25.7. The fourth-order valence-electron chi connectivity index (χ4n) is 2.37. The number of furan rings is 1. The number of hydrogen-bond donors (Lipinski definition) is 0. The molecule has 1 saturated heterocycles. The molecule has 2 heterocycles. The minimum absolute atomic E-state index is 0.139. The Labute approximate surface area is 130 Å². The topological polar surface area (TPSA) is 69.0 Å². The number of rotatable bonds is 3. The zero-order valence-corrected chi connectivity index (χ0v) is 13.3. The highest BCUT2D eigenvalue weighted by Gasteiger charge is 2.31. The van der Waals surface area contributed by atoms with E-state index in [1.807, 2.05) is 20.8 Å². The zero-order valence-electron chi connectivity index (χ0n) is 13.3. The number of likely N-dealkylation sites (tertiary alicyclic amines) is 1. The van der Waals surface area contributed by atoms with Crippen molar-refractivity contribution in [1.29, 1.82) is 0 Å². The number of carbonyl (C=O) groups is 2. The van der Waals surface area contributed by atoms with Crippen LogP contribution in [0.15, 0.2) is 23.0 Å². The van der Waals surface area contributed by atoms with Gasteiger partial charge in [0.2, 0.25) is 0 Å². The van der Waals surface area contributed by atoms with Gasteiger partial charge in [-0.2, -0.15) is 0 Å². The smallest absolute Gasteiger partial charge is 0.410 e. The van der Waals surface area contributed by atoms with E-state index < -0.39 is 11.6 Å². The lowest BCUT2D eigenvalue weighted by atomic mass is 10.0. The van der Waals surface area contributed by atoms with Crippen molar-refractivity contribution in [2.75, 3.05) is 13.2 Å². The monoisotopic (exact) mass is 309 g/mol. The second-order valence-electron chi connectivity index (χ2n) is 6.43. The second-order valence-corrected chi connectivity index (χ2v) is 6.43. The average molecular weight is 309 g/mol. The molecule has 1 atom stereocenters. The van der Waals surface area contributed by atoms with Crippen molar-refractivity contribution in [3.8, 4) is 0 Å². The molecule has 122 valence electrons. The summed E-state index contributed by atoms with van der Waals surface area (Å²) < 4.78 is 15.6. The SMILES string of the molecule is CC(C)(C)OC(=O)N1CCCCC1COC(=O)c1ccoc1. The summed E-state index contributed by atoms with van der Waals surface area (Å²) >= 11 is 0. The quantitative estimate of drug-likeness (QED) is 0.802. The lowest BCUT2D eigenvalue weighted by Crippen LogP contribution is -2.48. The summed E-state index contributed by atoms with van der Waals surface area (Å²) in [6.45, 7) is 6.31. The molecule has 22 heavy (non-hydrogen) atoms. The maximum Gasteiger partial charge on any atom is 0.410 e. The Morgan fingerprint density at radius 3 is 2.77 bits per heavy atom. The van der Waals surface area contributed by atoms with Crippen molar-refractivity contribution in [2.24, 2.45) is 0 Å². The van der Waals surface area contributed by atoms with Crippen LogP contribution in [0.25, 0.3) is 0 Å². The highest BCUT2D eigenvalue weighted by molar-refractivity contribution is 5.88. The molecule has 1 fully saturated rings. The first-order chi connectivity index (χ1) is 10.4. The Kier molecular flexibility index (Phi) is 5.11. The van der Waals surface area contributed by atoms with Crippen LogP contribution in [0, 0.1) is 0 Å². The molecule has 0 aliphatic carbocycles. The predicted molar refractivity (Wildman–Crippen MR) is 79.6 cm³/mol. The van der Waals surface area contributed by atoms with E-state index in [9.17, 15) is 9.59 Å². The Morgan fingerprint density at radius 1 is 1.36 bits per heavy atom. The van der Waals surface area contributed by atoms with Gasteiger partial charge in [-0.05, 0) is 46.1 Å². The number of piperidine rings is 1. The lowest BCUT2D eigenvalue weighted by Gasteiger charge is -2.36. The Balaban J connectivity index is 1.92. The molecular formula is C16H23NO5. The average Bonchev–Trinajstić information content (AvgIpc) is 2.97. The maximum atomic E-state index is 12.2. The van der Waals surface area contributed by atoms with Crippen LogP contribution in [0.3, 0.4) is 0 Å². The van der Waals surface area contributed by atoms with Crippen LogP contribution in [-0.4, -0.2) is 41.8 Å². The van der Waals surface area contributed by atoms with Crippen LogP contribution >= 0.6 is 0 Å². The summed E-state index contributed by atoms with van der Waals surface area (Å²) in [5.74, 6) is -0.441. The fourth-order valence-corrected chi connectivity index (χ4v) is 2.37. The van der Waals surface area contributed by atoms with Crippen molar-refractivity contribution < 1.29 is 23.5 Å². The van der Waals surface area contributed by atoms with Gasteiger partial charge in [-0.15, -0.1) is 0 Å². The van der Waals surface area contributed by atoms with Crippen LogP contribution in [0.2, 0.25) is 0 Å². The molecule has 0 radical (unpaired) electrons. The van der Waals surface area contributed by atoms with E-state index in [-0.39, 0.29) is 18.7 Å². The molecule has 2 rings (SSSR count). The summed E-state index contributed by atoms with van der Waals surface area (Å²) in [6, 6.07) is 1.41. The van der Waals surface area contributed by atoms with Crippen molar-refractivity contribution in [1.82, 2.24) is 4.90 Å². The van der Waals surface area contributed by atoms with Crippen LogP contribution < -0.4 is 0 Å². The molecule has 0 spiro atoms. The Hall–Kier alpha value is -1.98. The van der Waals surface area contributed by atoms with Crippen molar-refractivity contribution in [3.63, 3.8) is 0 Å². The Morgan fingerprint density at radius 2 is 2.14 bits per heavy atom. The molecule has 1 aliphatic heterocycles. The highest BCUT2D eigenvalue weighted by Crippen LogP contribution is 2.21. The van der Waals surface area contributed by atoms with Gasteiger partial charge in [0.05, 0.1) is 17.9 Å². The van der Waals surface area contributed by atoms with E-state index in [0.29, 0.717) is 12.1 Å². The van der Waals surface area contributed by atoms with Crippen LogP contribution in [0.5, 0.6) is 0 Å². The molecule has 0 saturated carbocycles. The standard InChI is InChI=1S/C16H23NO5/c1-16(2,3)22-15(19)17-8-5-4-6-13(17)11-21-14(18)12-7-9-20-10-12/h7,9-10,13H,4-6,8,11H2,1-3H3. The molecule has 1 aliphatic rings. The number of carbonyl (C=O) groups excluding carboxylic acids is 2. The molecule has 1 amide bonds. The summed E-state index contributed by atoms with van der Waals surface area (Å²) in [5, 5.41) is 0. The third kappa shape index (κ3) is 4.51. The number of amides is 1. The number of esters is 1. The van der Waals surface area contributed by atoms with Gasteiger partial charge in [0.25, 0.3) is 0 Å². The van der Waals surface area contributed by atoms with Crippen LogP contribution in [0.4, 0.5) is 4.79 Å². The minimum Gasteiger partial charge on any atom is -0.472 e. The van der Waals surface area contributed by atoms with E-state index in [0.717, 1.165) is 19.3 Å². The Bertz CT molecular complexity index is 503. The predicted octanol–water partition coefficient (Wildman–Crippen LogP) is 3.23. The molecule has 0 N–H and O–H groups in total. The first kappa shape index (κ1) is 16.4. The van der Waals surface area contributed by atoms with Gasteiger partial charge in [-0.3, -0.25) is 0 Å². The molecule has 6 nitrogen and oxygen atoms in total. The molecule has 6 heteroatoms. The van der Waals surface area contributed by atoms with Gasteiger partial charge < -0.3 is 18.8 Å². The third-order valence-corrected chi connectivity index (χ3v) is 3.42. The minimum atomic E-state index is -0.535. The largest absolute Gasteiger partial charge is 0.472 e. The highest BCUT2D eigenvalue weighted by atomic mass is 16.6. The van der Waals surface area contributed by atoms with Gasteiger partial charge >= 0.3 is 12.1 Å². The van der Waals surface area contributed by atoms with Crippen molar-refractivity contribution >= 4 is 12.1 Å². The molecule has 1 aromatic rings. The normalized spacial score (nSPS) is 18.9. The molecular weight excluding hydrogens is 286 g/mol. The number of ether oxygens (including phenoxy) is 2. The number of nitrogens with zero attached hydrogens (tertiary/aromatic N) is 1. The summed E-state index contributed by atoms with van der Waals surface area (Å²) in [6.07, 6.45) is 5.16. The lowest BCUT2D eigenvalue weighted by molar-refractivity contribution is -0.00530. The summed E-state index contributed by atoms with van der Waals surface area (Å²) in [5.41, 5.74) is -0.161. The van der Waals surface area contributed by atoms with Gasteiger partial charge in [-0.1, -0.05) is 0 Å². The second kappa shape index (κ2) is 6.85. The van der Waals surface area contributed by atoms with Gasteiger partial charge in [0.15, 0.2) is 0 Å². The fraction of sp³-hybridized carbons (Fsp3) is 0.625. The van der Waals surface area contributed by atoms with E-state index in [1.165, 1.54) is 12.5 Å². The first-order valence-electron chi connectivity index (χ1n) is 7.56. The van der Waals surface area contributed by atoms with Crippen molar-refractivity contribution in [3.05, 3.63) is 24.2 Å². The maximum absolute atomic E-state index is 12.2. The molecule has 0 bridgehead atoms. The van der Waals surface area contributed by atoms with E-state index in [2.05, 4.69) is 0 Å². The van der Waals surface area contributed by atoms with Gasteiger partial charge in [-0.25, -0.2) is 9.59 Å². The molecule has 1 unspecified atom stereocenters. The van der Waals surface area contributed by atoms with Crippen LogP contribution in [0.1, 0.15) is 50.4 Å². The van der Waals surface area contributed by atoms with Crippen molar-refractivity contribution in [2.45, 2.75) is 51.7 Å². The van der Waals surface area contributed by atoms with E-state index in [4.69, 9.17) is 13.9 Å². The number of hydrogen-bond acceptors (Lipinski definition) is 5. The third-order valence-electron chi connectivity index (χ3n) is 3.42. The first-order valence-corrected chi connectivity index (χ1v) is 7.56. The molecule has 0 aromatic carbocycles. The van der Waals surface area contributed by atoms with Crippen LogP contribution in [-0.2, 0) is 9.47 Å². The summed E-state index contributed by atoms with van der Waals surface area (Å²) in [7, 11) is 0. The van der Waals surface area contributed by atoms with Gasteiger partial charge in [0, 0.05) is 6.54 Å².